The first kappa shape index (κ1) is 18.9. The van der Waals surface area contributed by atoms with E-state index in [0.717, 1.165) is 23.3 Å². The van der Waals surface area contributed by atoms with Crippen LogP contribution in [0.5, 0.6) is 0 Å². The first-order valence-electron chi connectivity index (χ1n) is 8.56. The Labute approximate surface area is 155 Å². The molecule has 0 aliphatic carbocycles. The highest BCUT2D eigenvalue weighted by Crippen LogP contribution is 2.25. The number of hydrogen-bond donors (Lipinski definition) is 0. The van der Waals surface area contributed by atoms with E-state index < -0.39 is 35.0 Å². The van der Waals surface area contributed by atoms with E-state index in [0.29, 0.717) is 13.1 Å². The van der Waals surface area contributed by atoms with Gasteiger partial charge in [-0.25, -0.2) is 13.2 Å². The maximum atomic E-state index is 13.9. The summed E-state index contributed by atoms with van der Waals surface area (Å²) in [7, 11) is 0. The summed E-state index contributed by atoms with van der Waals surface area (Å²) < 4.78 is 40.3. The molecule has 1 heterocycles. The van der Waals surface area contributed by atoms with E-state index >= 15 is 0 Å². The highest BCUT2D eigenvalue weighted by molar-refractivity contribution is 5.94. The highest BCUT2D eigenvalue weighted by Gasteiger charge is 2.30. The van der Waals surface area contributed by atoms with Crippen LogP contribution in [0, 0.1) is 35.7 Å². The van der Waals surface area contributed by atoms with Crippen molar-refractivity contribution in [3.63, 3.8) is 0 Å². The molecule has 2 aromatic rings. The summed E-state index contributed by atoms with van der Waals surface area (Å²) in [5.41, 5.74) is 1.43. The third-order valence-electron chi connectivity index (χ3n) is 4.84. The number of carbonyl (C=O) groups is 1. The van der Waals surface area contributed by atoms with Gasteiger partial charge in [-0.1, -0.05) is 24.3 Å². The molecule has 1 aliphatic heterocycles. The molecule has 1 aliphatic rings. The average Bonchev–Trinajstić information content (AvgIpc) is 2.68. The van der Waals surface area contributed by atoms with E-state index in [-0.39, 0.29) is 13.1 Å². The van der Waals surface area contributed by atoms with Gasteiger partial charge in [0.15, 0.2) is 17.5 Å². The number of hydrogen-bond acceptors (Lipinski definition) is 3. The van der Waals surface area contributed by atoms with Crippen molar-refractivity contribution in [3.8, 4) is 6.07 Å². The lowest BCUT2D eigenvalue weighted by molar-refractivity contribution is 0.0600. The maximum absolute atomic E-state index is 13.9. The van der Waals surface area contributed by atoms with Crippen LogP contribution in [0.2, 0.25) is 0 Å². The summed E-state index contributed by atoms with van der Waals surface area (Å²) in [5.74, 6) is -5.14. The molecule has 0 N–H and O–H groups in total. The van der Waals surface area contributed by atoms with Gasteiger partial charge in [0.05, 0.1) is 11.6 Å². The molecule has 27 heavy (non-hydrogen) atoms. The zero-order valence-electron chi connectivity index (χ0n) is 14.8. The van der Waals surface area contributed by atoms with Gasteiger partial charge >= 0.3 is 0 Å². The van der Waals surface area contributed by atoms with E-state index in [9.17, 15) is 23.2 Å². The van der Waals surface area contributed by atoms with Crippen LogP contribution in [0.4, 0.5) is 13.2 Å². The van der Waals surface area contributed by atoms with Gasteiger partial charge in [-0.2, -0.15) is 5.26 Å². The standard InChI is InChI=1S/C20H18F3N3O/c1-13-4-2-3-5-14(13)17(12-24)25-8-10-26(11-9-25)20(27)15-6-7-16(21)19(23)18(15)22/h2-7,17H,8-11H2,1H3. The molecule has 0 saturated carbocycles. The molecule has 0 bridgehead atoms. The Morgan fingerprint density at radius 1 is 1.04 bits per heavy atom. The van der Waals surface area contributed by atoms with Crippen molar-refractivity contribution < 1.29 is 18.0 Å². The first-order valence-corrected chi connectivity index (χ1v) is 8.56. The lowest BCUT2D eigenvalue weighted by Gasteiger charge is -2.37. The fraction of sp³-hybridized carbons (Fsp3) is 0.300. The number of carbonyl (C=O) groups excluding carboxylic acids is 1. The summed E-state index contributed by atoms with van der Waals surface area (Å²) in [5, 5.41) is 9.60. The molecule has 1 atom stereocenters. The number of amides is 1. The second-order valence-electron chi connectivity index (χ2n) is 6.44. The Morgan fingerprint density at radius 3 is 2.33 bits per heavy atom. The summed E-state index contributed by atoms with van der Waals surface area (Å²) in [6.45, 7) is 3.31. The third-order valence-corrected chi connectivity index (χ3v) is 4.84. The first-order chi connectivity index (χ1) is 12.9. The van der Waals surface area contributed by atoms with Crippen molar-refractivity contribution in [2.24, 2.45) is 0 Å². The van der Waals surface area contributed by atoms with Crippen LogP contribution in [0.25, 0.3) is 0 Å². The predicted octanol–water partition coefficient (Wildman–Crippen LogP) is 3.44. The van der Waals surface area contributed by atoms with Crippen LogP contribution in [0.3, 0.4) is 0 Å². The Balaban J connectivity index is 1.72. The molecule has 3 rings (SSSR count). The Kier molecular flexibility index (Phi) is 5.47. The summed E-state index contributed by atoms with van der Waals surface area (Å²) in [6, 6.07) is 11.2. The largest absolute Gasteiger partial charge is 0.336 e. The van der Waals surface area contributed by atoms with Crippen molar-refractivity contribution in [2.75, 3.05) is 26.2 Å². The zero-order chi connectivity index (χ0) is 19.6. The van der Waals surface area contributed by atoms with Crippen LogP contribution in [0.15, 0.2) is 36.4 Å². The summed E-state index contributed by atoms with van der Waals surface area (Å²) >= 11 is 0. The molecular formula is C20H18F3N3O. The van der Waals surface area contributed by atoms with Gasteiger partial charge in [0.2, 0.25) is 0 Å². The second kappa shape index (κ2) is 7.80. The molecule has 1 amide bonds. The van der Waals surface area contributed by atoms with Crippen LogP contribution >= 0.6 is 0 Å². The number of nitrogens with zero attached hydrogens (tertiary/aromatic N) is 3. The molecule has 1 saturated heterocycles. The lowest BCUT2D eigenvalue weighted by atomic mass is 10.0. The van der Waals surface area contributed by atoms with Crippen LogP contribution in [0.1, 0.15) is 27.5 Å². The smallest absolute Gasteiger partial charge is 0.257 e. The van der Waals surface area contributed by atoms with Gasteiger partial charge in [-0.05, 0) is 30.2 Å². The molecule has 2 aromatic carbocycles. The minimum absolute atomic E-state index is 0.265. The monoisotopic (exact) mass is 373 g/mol. The van der Waals surface area contributed by atoms with Crippen LogP contribution in [-0.2, 0) is 0 Å². The SMILES string of the molecule is Cc1ccccc1C(C#N)N1CCN(C(=O)c2ccc(F)c(F)c2F)CC1. The molecule has 0 spiro atoms. The number of halogens is 3. The average molecular weight is 373 g/mol. The molecule has 7 heteroatoms. The molecule has 1 fully saturated rings. The van der Waals surface area contributed by atoms with E-state index in [1.807, 2.05) is 36.1 Å². The van der Waals surface area contributed by atoms with E-state index in [1.165, 1.54) is 4.90 Å². The number of nitriles is 1. The molecule has 1 unspecified atom stereocenters. The van der Waals surface area contributed by atoms with Crippen molar-refractivity contribution in [3.05, 3.63) is 70.5 Å². The van der Waals surface area contributed by atoms with Gasteiger partial charge < -0.3 is 4.90 Å². The predicted molar refractivity (Wildman–Crippen MR) is 93.3 cm³/mol. The normalized spacial score (nSPS) is 16.0. The molecular weight excluding hydrogens is 355 g/mol. The fourth-order valence-electron chi connectivity index (χ4n) is 3.29. The Morgan fingerprint density at radius 2 is 1.70 bits per heavy atom. The number of aryl methyl sites for hydroxylation is 1. The summed E-state index contributed by atoms with van der Waals surface area (Å²) in [6.07, 6.45) is 0. The fourth-order valence-corrected chi connectivity index (χ4v) is 3.29. The zero-order valence-corrected chi connectivity index (χ0v) is 14.8. The Hall–Kier alpha value is -2.85. The third kappa shape index (κ3) is 3.67. The maximum Gasteiger partial charge on any atom is 0.257 e. The highest BCUT2D eigenvalue weighted by atomic mass is 19.2. The van der Waals surface area contributed by atoms with Crippen molar-refractivity contribution in [1.82, 2.24) is 9.80 Å². The molecule has 140 valence electrons. The van der Waals surface area contributed by atoms with Crippen molar-refractivity contribution in [2.45, 2.75) is 13.0 Å². The summed E-state index contributed by atoms with van der Waals surface area (Å²) in [4.78, 5) is 15.8. The van der Waals surface area contributed by atoms with E-state index in [2.05, 4.69) is 6.07 Å². The van der Waals surface area contributed by atoms with Gasteiger partial charge in [0, 0.05) is 26.2 Å². The minimum atomic E-state index is -1.65. The van der Waals surface area contributed by atoms with Gasteiger partial charge in [0.1, 0.15) is 6.04 Å². The minimum Gasteiger partial charge on any atom is -0.336 e. The number of benzene rings is 2. The van der Waals surface area contributed by atoms with Gasteiger partial charge in [0.25, 0.3) is 5.91 Å². The second-order valence-corrected chi connectivity index (χ2v) is 6.44. The Bertz CT molecular complexity index is 902. The number of piperazine rings is 1. The van der Waals surface area contributed by atoms with Crippen molar-refractivity contribution in [1.29, 1.82) is 5.26 Å². The molecule has 4 nitrogen and oxygen atoms in total. The van der Waals surface area contributed by atoms with Gasteiger partial charge in [-0.15, -0.1) is 0 Å². The molecule has 0 radical (unpaired) electrons. The van der Waals surface area contributed by atoms with Crippen molar-refractivity contribution >= 4 is 5.91 Å². The molecule has 0 aromatic heterocycles. The van der Waals surface area contributed by atoms with E-state index in [1.54, 1.807) is 0 Å². The lowest BCUT2D eigenvalue weighted by Crippen LogP contribution is -2.49. The van der Waals surface area contributed by atoms with Crippen LogP contribution in [-0.4, -0.2) is 41.9 Å². The quantitative estimate of drug-likeness (QED) is 0.775. The van der Waals surface area contributed by atoms with Gasteiger partial charge in [-0.3, -0.25) is 9.69 Å². The van der Waals surface area contributed by atoms with E-state index in [4.69, 9.17) is 0 Å². The van der Waals surface area contributed by atoms with Crippen LogP contribution < -0.4 is 0 Å². The topological polar surface area (TPSA) is 47.3 Å². The number of rotatable bonds is 3.